The first kappa shape index (κ1) is 10.8. The minimum absolute atomic E-state index is 0.691. The van der Waals surface area contributed by atoms with Crippen LogP contribution in [0.25, 0.3) is 0 Å². The summed E-state index contributed by atoms with van der Waals surface area (Å²) in [5, 5.41) is 1.38. The summed E-state index contributed by atoms with van der Waals surface area (Å²) >= 11 is 0.691. The second-order valence-electron chi connectivity index (χ2n) is 3.47. The van der Waals surface area contributed by atoms with E-state index in [0.717, 1.165) is 0 Å². The monoisotopic (exact) mass is 241 g/mol. The van der Waals surface area contributed by atoms with Crippen LogP contribution in [0.2, 0.25) is 5.32 Å². The van der Waals surface area contributed by atoms with E-state index in [-0.39, 0.29) is 0 Å². The number of hydrogen-bond donors (Lipinski definition) is 0. The van der Waals surface area contributed by atoms with E-state index in [1.165, 1.54) is 22.6 Å². The molecule has 0 N–H and O–H groups in total. The van der Waals surface area contributed by atoms with Crippen molar-refractivity contribution in [3.05, 3.63) is 36.2 Å². The first-order chi connectivity index (χ1) is 6.29. The third-order valence-corrected chi connectivity index (χ3v) is 4.14. The molecular formula is C12H17Se. The normalized spacial score (nSPS) is 10.7. The second-order valence-corrected chi connectivity index (χ2v) is 5.92. The maximum absolute atomic E-state index is 2.24. The molecule has 0 aromatic heterocycles. The predicted octanol–water partition coefficient (Wildman–Crippen LogP) is 2.83. The predicted molar refractivity (Wildman–Crippen MR) is 60.5 cm³/mol. The van der Waals surface area contributed by atoms with Crippen LogP contribution in [-0.2, 0) is 0 Å². The molecule has 1 aromatic carbocycles. The third-order valence-electron chi connectivity index (χ3n) is 1.83. The zero-order chi connectivity index (χ0) is 9.52. The molecule has 71 valence electrons. The zero-order valence-corrected chi connectivity index (χ0v) is 10.1. The van der Waals surface area contributed by atoms with Gasteiger partial charge in [0, 0.05) is 0 Å². The summed E-state index contributed by atoms with van der Waals surface area (Å²) in [6.45, 7) is 4.44. The summed E-state index contributed by atoms with van der Waals surface area (Å²) in [7, 11) is 0. The van der Waals surface area contributed by atoms with E-state index in [9.17, 15) is 0 Å². The second kappa shape index (κ2) is 6.23. The molecule has 1 radical (unpaired) electrons. The van der Waals surface area contributed by atoms with Crippen molar-refractivity contribution in [1.29, 1.82) is 0 Å². The molecule has 0 aliphatic carbocycles. The average molecular weight is 240 g/mol. The van der Waals surface area contributed by atoms with E-state index in [2.05, 4.69) is 44.2 Å². The van der Waals surface area contributed by atoms with E-state index in [1.54, 1.807) is 5.92 Å². The van der Waals surface area contributed by atoms with Gasteiger partial charge in [0.1, 0.15) is 0 Å². The molecule has 13 heavy (non-hydrogen) atoms. The van der Waals surface area contributed by atoms with E-state index in [4.69, 9.17) is 0 Å². The Morgan fingerprint density at radius 2 is 1.85 bits per heavy atom. The van der Waals surface area contributed by atoms with Crippen molar-refractivity contribution >= 4 is 19.4 Å². The Kier molecular flexibility index (Phi) is 5.19. The first-order valence-electron chi connectivity index (χ1n) is 4.76. The van der Waals surface area contributed by atoms with Gasteiger partial charge in [0.2, 0.25) is 0 Å². The van der Waals surface area contributed by atoms with Crippen LogP contribution < -0.4 is 4.46 Å². The van der Waals surface area contributed by atoms with Crippen LogP contribution in [-0.4, -0.2) is 15.0 Å². The molecule has 0 atom stereocenters. The summed E-state index contributed by atoms with van der Waals surface area (Å²) in [5.74, 6) is 1.56. The molecule has 0 saturated carbocycles. The van der Waals surface area contributed by atoms with Crippen molar-refractivity contribution in [3.8, 4) is 0 Å². The molecular weight excluding hydrogens is 223 g/mol. The molecule has 0 unspecified atom stereocenters. The molecule has 0 aliphatic rings. The summed E-state index contributed by atoms with van der Waals surface area (Å²) in [4.78, 5) is 0. The third kappa shape index (κ3) is 5.13. The quantitative estimate of drug-likeness (QED) is 0.548. The molecule has 0 nitrogen and oxygen atoms in total. The molecule has 1 aromatic rings. The fourth-order valence-electron chi connectivity index (χ4n) is 1.13. The fourth-order valence-corrected chi connectivity index (χ4v) is 2.97. The van der Waals surface area contributed by atoms with Crippen LogP contribution in [0.15, 0.2) is 30.3 Å². The molecule has 0 spiro atoms. The van der Waals surface area contributed by atoms with E-state index >= 15 is 0 Å². The molecule has 0 amide bonds. The van der Waals surface area contributed by atoms with Gasteiger partial charge in [-0.25, -0.2) is 0 Å². The SMILES string of the molecule is C[C](C)CCC[Se]c1ccccc1. The Labute approximate surface area is 87.9 Å². The minimum atomic E-state index is 0.691. The Bertz CT molecular complexity index is 216. The average Bonchev–Trinajstić information content (AvgIpc) is 2.14. The molecule has 1 heteroatoms. The summed E-state index contributed by atoms with van der Waals surface area (Å²) < 4.78 is 1.53. The molecule has 0 bridgehead atoms. The van der Waals surface area contributed by atoms with Gasteiger partial charge in [0.05, 0.1) is 0 Å². The topological polar surface area (TPSA) is 0 Å². The van der Waals surface area contributed by atoms with Crippen LogP contribution in [0.5, 0.6) is 0 Å². The van der Waals surface area contributed by atoms with Gasteiger partial charge >= 0.3 is 87.7 Å². The van der Waals surface area contributed by atoms with Crippen LogP contribution in [0, 0.1) is 5.92 Å². The van der Waals surface area contributed by atoms with Gasteiger partial charge < -0.3 is 0 Å². The van der Waals surface area contributed by atoms with Crippen molar-refractivity contribution in [3.63, 3.8) is 0 Å². The first-order valence-corrected chi connectivity index (χ1v) is 6.82. The van der Waals surface area contributed by atoms with Gasteiger partial charge in [0.25, 0.3) is 0 Å². The van der Waals surface area contributed by atoms with Crippen molar-refractivity contribution in [2.24, 2.45) is 0 Å². The Morgan fingerprint density at radius 3 is 2.46 bits per heavy atom. The maximum atomic E-state index is 2.24. The van der Waals surface area contributed by atoms with Crippen molar-refractivity contribution < 1.29 is 0 Å². The Balaban J connectivity index is 2.13. The Hall–Kier alpha value is -0.261. The van der Waals surface area contributed by atoms with Gasteiger partial charge in [-0.1, -0.05) is 0 Å². The molecule has 1 rings (SSSR count). The van der Waals surface area contributed by atoms with Crippen molar-refractivity contribution in [2.45, 2.75) is 32.0 Å². The van der Waals surface area contributed by atoms with Gasteiger partial charge in [0.15, 0.2) is 0 Å². The van der Waals surface area contributed by atoms with Crippen molar-refractivity contribution in [2.75, 3.05) is 0 Å². The molecule has 0 fully saturated rings. The molecule has 0 heterocycles. The van der Waals surface area contributed by atoms with Gasteiger partial charge in [-0.15, -0.1) is 0 Å². The van der Waals surface area contributed by atoms with Gasteiger partial charge in [-0.2, -0.15) is 0 Å². The number of benzene rings is 1. The summed E-state index contributed by atoms with van der Waals surface area (Å²) in [6, 6.07) is 10.8. The molecule has 0 saturated heterocycles. The van der Waals surface area contributed by atoms with Crippen LogP contribution in [0.3, 0.4) is 0 Å². The van der Waals surface area contributed by atoms with Gasteiger partial charge in [-0.05, 0) is 0 Å². The summed E-state index contributed by atoms with van der Waals surface area (Å²) in [6.07, 6.45) is 2.66. The fraction of sp³-hybridized carbons (Fsp3) is 0.417. The van der Waals surface area contributed by atoms with E-state index < -0.39 is 0 Å². The standard InChI is InChI=1S/C12H17Se/c1-11(2)7-6-10-13-12-8-4-3-5-9-12/h3-5,8-9H,6-7,10H2,1-2H3. The van der Waals surface area contributed by atoms with Crippen molar-refractivity contribution in [1.82, 2.24) is 0 Å². The van der Waals surface area contributed by atoms with Crippen LogP contribution >= 0.6 is 0 Å². The van der Waals surface area contributed by atoms with Crippen LogP contribution in [0.4, 0.5) is 0 Å². The molecule has 0 aliphatic heterocycles. The summed E-state index contributed by atoms with van der Waals surface area (Å²) in [5.41, 5.74) is 0. The number of hydrogen-bond acceptors (Lipinski definition) is 0. The van der Waals surface area contributed by atoms with E-state index in [1.807, 2.05) is 0 Å². The van der Waals surface area contributed by atoms with Gasteiger partial charge in [-0.3, -0.25) is 0 Å². The Morgan fingerprint density at radius 1 is 1.15 bits per heavy atom. The number of rotatable bonds is 5. The zero-order valence-electron chi connectivity index (χ0n) is 8.42. The van der Waals surface area contributed by atoms with E-state index in [0.29, 0.717) is 15.0 Å². The van der Waals surface area contributed by atoms with Crippen LogP contribution in [0.1, 0.15) is 26.7 Å².